The minimum atomic E-state index is 0. The van der Waals surface area contributed by atoms with Crippen LogP contribution in [-0.4, -0.2) is 47.9 Å². The first-order valence-electron chi connectivity index (χ1n) is 7.71. The van der Waals surface area contributed by atoms with Gasteiger partial charge >= 0.3 is 0 Å². The molecule has 1 aromatic heterocycles. The Kier molecular flexibility index (Phi) is 7.80. The second-order valence-corrected chi connectivity index (χ2v) is 5.50. The van der Waals surface area contributed by atoms with Crippen molar-refractivity contribution in [2.24, 2.45) is 4.99 Å². The average molecular weight is 435 g/mol. The quantitative estimate of drug-likeness (QED) is 0.427. The molecular weight excluding hydrogens is 409 g/mol. The maximum absolute atomic E-state index is 11.7. The van der Waals surface area contributed by atoms with Gasteiger partial charge in [-0.2, -0.15) is 0 Å². The van der Waals surface area contributed by atoms with Gasteiger partial charge in [-0.3, -0.25) is 9.79 Å². The summed E-state index contributed by atoms with van der Waals surface area (Å²) in [7, 11) is 1.73. The van der Waals surface area contributed by atoms with Crippen molar-refractivity contribution in [3.05, 3.63) is 17.3 Å². The van der Waals surface area contributed by atoms with Gasteiger partial charge in [0.25, 0.3) is 0 Å². The van der Waals surface area contributed by atoms with Crippen LogP contribution in [0, 0.1) is 13.8 Å². The number of hydrogen-bond donors (Lipinski definition) is 2. The van der Waals surface area contributed by atoms with E-state index in [1.165, 1.54) is 0 Å². The number of nitrogens with one attached hydrogen (secondary N) is 2. The second-order valence-electron chi connectivity index (χ2n) is 5.50. The van der Waals surface area contributed by atoms with E-state index < -0.39 is 0 Å². The van der Waals surface area contributed by atoms with Gasteiger partial charge in [0.15, 0.2) is 5.96 Å². The fraction of sp³-hybridized carbons (Fsp3) is 0.667. The molecular formula is C15H26IN5O2. The zero-order valence-corrected chi connectivity index (χ0v) is 16.5. The van der Waals surface area contributed by atoms with Crippen LogP contribution in [0.1, 0.15) is 37.1 Å². The molecule has 0 aliphatic carbocycles. The molecule has 0 radical (unpaired) electrons. The number of amides is 1. The third-order valence-electron chi connectivity index (χ3n) is 3.89. The number of hydrogen-bond acceptors (Lipinski definition) is 4. The van der Waals surface area contributed by atoms with Crippen molar-refractivity contribution in [2.45, 2.75) is 46.2 Å². The molecule has 23 heavy (non-hydrogen) atoms. The first kappa shape index (κ1) is 19.7. The van der Waals surface area contributed by atoms with Crippen molar-refractivity contribution in [1.29, 1.82) is 0 Å². The molecule has 0 aromatic carbocycles. The molecule has 1 amide bonds. The second kappa shape index (κ2) is 9.09. The van der Waals surface area contributed by atoms with Gasteiger partial charge in [0, 0.05) is 32.6 Å². The number of carbonyl (C=O) groups excluding carboxylic acids is 1. The summed E-state index contributed by atoms with van der Waals surface area (Å²) in [6.45, 7) is 7.73. The Morgan fingerprint density at radius 3 is 2.78 bits per heavy atom. The van der Waals surface area contributed by atoms with Gasteiger partial charge in [-0.15, -0.1) is 24.0 Å². The minimum Gasteiger partial charge on any atom is -0.444 e. The first-order chi connectivity index (χ1) is 10.5. The molecule has 1 atom stereocenters. The van der Waals surface area contributed by atoms with Crippen molar-refractivity contribution in [3.63, 3.8) is 0 Å². The molecule has 0 saturated carbocycles. The zero-order valence-electron chi connectivity index (χ0n) is 14.2. The van der Waals surface area contributed by atoms with Gasteiger partial charge in [0.2, 0.25) is 11.8 Å². The Hall–Kier alpha value is -1.32. The van der Waals surface area contributed by atoms with E-state index in [-0.39, 0.29) is 35.9 Å². The lowest BCUT2D eigenvalue weighted by Gasteiger charge is -2.18. The maximum Gasteiger partial charge on any atom is 0.222 e. The number of nitrogens with zero attached hydrogens (tertiary/aromatic N) is 3. The lowest BCUT2D eigenvalue weighted by Crippen LogP contribution is -2.44. The van der Waals surface area contributed by atoms with Gasteiger partial charge in [-0.05, 0) is 20.3 Å². The van der Waals surface area contributed by atoms with E-state index in [1.807, 2.05) is 25.7 Å². The summed E-state index contributed by atoms with van der Waals surface area (Å²) >= 11 is 0. The number of likely N-dealkylation sites (tertiary alicyclic amines) is 1. The molecule has 8 heteroatoms. The third-order valence-corrected chi connectivity index (χ3v) is 3.89. The summed E-state index contributed by atoms with van der Waals surface area (Å²) in [6, 6.07) is 0.231. The number of aliphatic imine (C=N–C) groups is 1. The van der Waals surface area contributed by atoms with Gasteiger partial charge in [0.1, 0.15) is 5.76 Å². The molecule has 2 heterocycles. The highest BCUT2D eigenvalue weighted by Crippen LogP contribution is 2.11. The van der Waals surface area contributed by atoms with Crippen molar-refractivity contribution < 1.29 is 9.21 Å². The molecule has 0 bridgehead atoms. The molecule has 2 N–H and O–H groups in total. The van der Waals surface area contributed by atoms with Gasteiger partial charge in [0.05, 0.1) is 12.2 Å². The summed E-state index contributed by atoms with van der Waals surface area (Å²) in [6.07, 6.45) is 1.49. The van der Waals surface area contributed by atoms with Crippen LogP contribution in [-0.2, 0) is 11.3 Å². The lowest BCUT2D eigenvalue weighted by molar-refractivity contribution is -0.129. The van der Waals surface area contributed by atoms with Crippen molar-refractivity contribution >= 4 is 35.8 Å². The van der Waals surface area contributed by atoms with Crippen molar-refractivity contribution in [3.8, 4) is 0 Å². The lowest BCUT2D eigenvalue weighted by atomic mass is 10.3. The Bertz CT molecular complexity index is 539. The van der Waals surface area contributed by atoms with Crippen LogP contribution in [0.15, 0.2) is 9.41 Å². The predicted octanol–water partition coefficient (Wildman–Crippen LogP) is 1.59. The topological polar surface area (TPSA) is 82.8 Å². The Labute approximate surface area is 154 Å². The Morgan fingerprint density at radius 2 is 2.22 bits per heavy atom. The highest BCUT2D eigenvalue weighted by Gasteiger charge is 2.25. The first-order valence-corrected chi connectivity index (χ1v) is 7.71. The number of aryl methyl sites for hydroxylation is 2. The predicted molar refractivity (Wildman–Crippen MR) is 100 cm³/mol. The fourth-order valence-electron chi connectivity index (χ4n) is 2.49. The number of halogens is 1. The summed E-state index contributed by atoms with van der Waals surface area (Å²) in [5.41, 5.74) is 0.907. The smallest absolute Gasteiger partial charge is 0.222 e. The van der Waals surface area contributed by atoms with E-state index in [0.29, 0.717) is 24.8 Å². The highest BCUT2D eigenvalue weighted by atomic mass is 127. The summed E-state index contributed by atoms with van der Waals surface area (Å²) in [4.78, 5) is 22.1. The fourth-order valence-corrected chi connectivity index (χ4v) is 2.49. The molecule has 7 nitrogen and oxygen atoms in total. The largest absolute Gasteiger partial charge is 0.444 e. The van der Waals surface area contributed by atoms with E-state index in [0.717, 1.165) is 31.0 Å². The molecule has 1 fully saturated rings. The Balaban J connectivity index is 0.00000264. The van der Waals surface area contributed by atoms with Gasteiger partial charge < -0.3 is 20.0 Å². The molecule has 1 aromatic rings. The number of aromatic nitrogens is 1. The SMILES string of the molecule is CCC(=O)N1CCC(NC(=NC)NCc2nc(C)c(C)o2)C1.I. The average Bonchev–Trinajstić information content (AvgIpc) is 3.10. The van der Waals surface area contributed by atoms with Crippen LogP contribution in [0.2, 0.25) is 0 Å². The molecule has 1 aliphatic heterocycles. The van der Waals surface area contributed by atoms with E-state index in [4.69, 9.17) is 4.42 Å². The standard InChI is InChI=1S/C15H25N5O2.HI/c1-5-14(21)20-7-6-12(9-20)19-15(16-4)17-8-13-18-10(2)11(3)22-13;/h12H,5-9H2,1-4H3,(H2,16,17,19);1H. The summed E-state index contributed by atoms with van der Waals surface area (Å²) in [5, 5.41) is 6.53. The number of rotatable bonds is 4. The van der Waals surface area contributed by atoms with Crippen molar-refractivity contribution in [2.75, 3.05) is 20.1 Å². The van der Waals surface area contributed by atoms with Crippen LogP contribution in [0.25, 0.3) is 0 Å². The van der Waals surface area contributed by atoms with E-state index in [1.54, 1.807) is 7.05 Å². The van der Waals surface area contributed by atoms with Crippen LogP contribution in [0.5, 0.6) is 0 Å². The minimum absolute atomic E-state index is 0. The summed E-state index contributed by atoms with van der Waals surface area (Å²) in [5.74, 6) is 2.39. The van der Waals surface area contributed by atoms with E-state index in [9.17, 15) is 4.79 Å². The van der Waals surface area contributed by atoms with Gasteiger partial charge in [-0.1, -0.05) is 6.92 Å². The van der Waals surface area contributed by atoms with Crippen LogP contribution in [0.3, 0.4) is 0 Å². The molecule has 1 unspecified atom stereocenters. The van der Waals surface area contributed by atoms with Crippen LogP contribution >= 0.6 is 24.0 Å². The molecule has 1 saturated heterocycles. The number of oxazole rings is 1. The Morgan fingerprint density at radius 1 is 1.48 bits per heavy atom. The number of carbonyl (C=O) groups is 1. The highest BCUT2D eigenvalue weighted by molar-refractivity contribution is 14.0. The zero-order chi connectivity index (χ0) is 16.1. The van der Waals surface area contributed by atoms with Gasteiger partial charge in [-0.25, -0.2) is 4.98 Å². The normalized spacial score (nSPS) is 17.8. The molecule has 1 aliphatic rings. The van der Waals surface area contributed by atoms with Crippen LogP contribution in [0.4, 0.5) is 0 Å². The van der Waals surface area contributed by atoms with E-state index in [2.05, 4.69) is 20.6 Å². The monoisotopic (exact) mass is 435 g/mol. The third kappa shape index (κ3) is 5.36. The van der Waals surface area contributed by atoms with Crippen LogP contribution < -0.4 is 10.6 Å². The maximum atomic E-state index is 11.7. The molecule has 0 spiro atoms. The summed E-state index contributed by atoms with van der Waals surface area (Å²) < 4.78 is 5.53. The van der Waals surface area contributed by atoms with Crippen molar-refractivity contribution in [1.82, 2.24) is 20.5 Å². The van der Waals surface area contributed by atoms with E-state index >= 15 is 0 Å². The molecule has 130 valence electrons. The molecule has 2 rings (SSSR count). The number of guanidine groups is 1.